The van der Waals surface area contributed by atoms with Gasteiger partial charge in [0.05, 0.1) is 11.8 Å². The second-order valence-corrected chi connectivity index (χ2v) is 4.65. The van der Waals surface area contributed by atoms with Crippen molar-refractivity contribution in [2.24, 2.45) is 23.7 Å². The third-order valence-electron chi connectivity index (χ3n) is 3.16. The Bertz CT molecular complexity index is 247. The maximum absolute atomic E-state index is 11.6. The van der Waals surface area contributed by atoms with Crippen LogP contribution in [0.25, 0.3) is 0 Å². The fraction of sp³-hybridized carbons (Fsp3) is 1.00. The standard InChI is InChI=1S/2C5H7F3O/c2*6-5(7,8)4-1-3(4)2-9/h2*3-4,9H,1-2H2/t2*3-,4+/m10/s1. The topological polar surface area (TPSA) is 40.5 Å². The summed E-state index contributed by atoms with van der Waals surface area (Å²) in [5, 5.41) is 16.5. The number of halogens is 6. The molecule has 8 heteroatoms. The summed E-state index contributed by atoms with van der Waals surface area (Å²) >= 11 is 0. The van der Waals surface area contributed by atoms with Crippen LogP contribution in [0.5, 0.6) is 0 Å². The first-order chi connectivity index (χ1) is 8.11. The van der Waals surface area contributed by atoms with Crippen molar-refractivity contribution in [3.63, 3.8) is 0 Å². The summed E-state index contributed by atoms with van der Waals surface area (Å²) in [5.41, 5.74) is 0. The molecule has 2 fully saturated rings. The van der Waals surface area contributed by atoms with Crippen LogP contribution in [0.15, 0.2) is 0 Å². The van der Waals surface area contributed by atoms with Crippen LogP contribution in [-0.2, 0) is 0 Å². The Morgan fingerprint density at radius 2 is 1.00 bits per heavy atom. The van der Waals surface area contributed by atoms with E-state index < -0.39 is 36.0 Å². The highest BCUT2D eigenvalue weighted by Gasteiger charge is 2.55. The van der Waals surface area contributed by atoms with Crippen molar-refractivity contribution >= 4 is 0 Å². The van der Waals surface area contributed by atoms with Gasteiger partial charge in [-0.2, -0.15) is 26.3 Å². The van der Waals surface area contributed by atoms with E-state index in [1.807, 2.05) is 0 Å². The Morgan fingerprint density at radius 1 is 0.722 bits per heavy atom. The molecule has 2 nitrogen and oxygen atoms in total. The maximum atomic E-state index is 11.6. The van der Waals surface area contributed by atoms with E-state index in [0.717, 1.165) is 0 Å². The Labute approximate surface area is 99.6 Å². The molecule has 2 rings (SSSR count). The molecule has 108 valence electrons. The molecule has 0 heterocycles. The predicted molar refractivity (Wildman–Crippen MR) is 49.5 cm³/mol. The number of rotatable bonds is 2. The molecule has 2 aliphatic rings. The van der Waals surface area contributed by atoms with E-state index in [0.29, 0.717) is 0 Å². The van der Waals surface area contributed by atoms with Crippen molar-refractivity contribution in [1.82, 2.24) is 0 Å². The largest absolute Gasteiger partial charge is 0.396 e. The predicted octanol–water partition coefficient (Wildman–Crippen LogP) is 2.35. The number of hydrogen-bond acceptors (Lipinski definition) is 2. The highest BCUT2D eigenvalue weighted by Crippen LogP contribution is 2.50. The minimum Gasteiger partial charge on any atom is -0.396 e. The lowest BCUT2D eigenvalue weighted by atomic mass is 10.3. The van der Waals surface area contributed by atoms with Gasteiger partial charge in [-0.15, -0.1) is 0 Å². The maximum Gasteiger partial charge on any atom is 0.392 e. The highest BCUT2D eigenvalue weighted by atomic mass is 19.4. The van der Waals surface area contributed by atoms with E-state index in [-0.39, 0.29) is 26.1 Å². The Hall–Kier alpha value is -0.500. The normalized spacial score (nSPS) is 34.7. The third-order valence-corrected chi connectivity index (χ3v) is 3.16. The van der Waals surface area contributed by atoms with Gasteiger partial charge in [-0.3, -0.25) is 0 Å². The molecule has 2 aliphatic carbocycles. The minimum absolute atomic E-state index is 0.111. The minimum atomic E-state index is -4.08. The second-order valence-electron chi connectivity index (χ2n) is 4.65. The Balaban J connectivity index is 0.000000180. The summed E-state index contributed by atoms with van der Waals surface area (Å²) in [5.74, 6) is -3.46. The van der Waals surface area contributed by atoms with Crippen LogP contribution < -0.4 is 0 Å². The van der Waals surface area contributed by atoms with Gasteiger partial charge in [-0.25, -0.2) is 0 Å². The number of aliphatic hydroxyl groups is 2. The number of alkyl halides is 6. The summed E-state index contributed by atoms with van der Waals surface area (Å²) in [7, 11) is 0. The average molecular weight is 280 g/mol. The molecule has 0 aromatic heterocycles. The zero-order chi connectivity index (χ0) is 14.1. The first-order valence-corrected chi connectivity index (χ1v) is 5.46. The Morgan fingerprint density at radius 3 is 1.06 bits per heavy atom. The van der Waals surface area contributed by atoms with E-state index >= 15 is 0 Å². The van der Waals surface area contributed by atoms with Crippen LogP contribution in [0.4, 0.5) is 26.3 Å². The molecule has 0 unspecified atom stereocenters. The average Bonchev–Trinajstić information content (AvgIpc) is 3.09. The van der Waals surface area contributed by atoms with Crippen LogP contribution in [0.3, 0.4) is 0 Å². The molecule has 0 aliphatic heterocycles. The molecule has 0 aromatic rings. The third kappa shape index (κ3) is 4.31. The van der Waals surface area contributed by atoms with Gasteiger partial charge in [0.25, 0.3) is 0 Å². The monoisotopic (exact) mass is 280 g/mol. The lowest BCUT2D eigenvalue weighted by Gasteiger charge is -2.02. The zero-order valence-electron chi connectivity index (χ0n) is 9.30. The van der Waals surface area contributed by atoms with Gasteiger partial charge in [0.15, 0.2) is 0 Å². The van der Waals surface area contributed by atoms with Crippen LogP contribution in [0, 0.1) is 23.7 Å². The van der Waals surface area contributed by atoms with Crippen molar-refractivity contribution in [1.29, 1.82) is 0 Å². The first kappa shape index (κ1) is 15.6. The number of hydrogen-bond donors (Lipinski definition) is 2. The van der Waals surface area contributed by atoms with Crippen molar-refractivity contribution in [3.05, 3.63) is 0 Å². The highest BCUT2D eigenvalue weighted by molar-refractivity contribution is 4.91. The molecule has 2 saturated carbocycles. The quantitative estimate of drug-likeness (QED) is 0.762. The van der Waals surface area contributed by atoms with E-state index in [1.165, 1.54) is 0 Å². The van der Waals surface area contributed by atoms with Crippen molar-refractivity contribution < 1.29 is 36.6 Å². The lowest BCUT2D eigenvalue weighted by molar-refractivity contribution is -0.152. The molecule has 2 N–H and O–H groups in total. The van der Waals surface area contributed by atoms with E-state index in [2.05, 4.69) is 0 Å². The van der Waals surface area contributed by atoms with Gasteiger partial charge in [0, 0.05) is 13.2 Å². The molecule has 0 spiro atoms. The molecule has 0 saturated heterocycles. The Kier molecular flexibility index (Phi) is 4.53. The summed E-state index contributed by atoms with van der Waals surface area (Å²) in [6.45, 7) is -0.658. The van der Waals surface area contributed by atoms with E-state index in [4.69, 9.17) is 10.2 Å². The summed E-state index contributed by atoms with van der Waals surface area (Å²) in [6.07, 6.45) is -7.93. The smallest absolute Gasteiger partial charge is 0.392 e. The molecular formula is C10H14F6O2. The summed E-state index contributed by atoms with van der Waals surface area (Å²) in [4.78, 5) is 0. The molecule has 4 atom stereocenters. The molecule has 0 amide bonds. The van der Waals surface area contributed by atoms with Crippen LogP contribution in [-0.4, -0.2) is 35.8 Å². The first-order valence-electron chi connectivity index (χ1n) is 5.46. The summed E-state index contributed by atoms with van der Waals surface area (Å²) in [6, 6.07) is 0. The van der Waals surface area contributed by atoms with Crippen LogP contribution in [0.2, 0.25) is 0 Å². The number of aliphatic hydroxyl groups excluding tert-OH is 2. The van der Waals surface area contributed by atoms with E-state index in [1.54, 1.807) is 0 Å². The van der Waals surface area contributed by atoms with Crippen LogP contribution >= 0.6 is 0 Å². The van der Waals surface area contributed by atoms with Crippen molar-refractivity contribution in [3.8, 4) is 0 Å². The molecule has 0 aromatic carbocycles. The zero-order valence-corrected chi connectivity index (χ0v) is 9.30. The van der Waals surface area contributed by atoms with Crippen molar-refractivity contribution in [2.75, 3.05) is 13.2 Å². The second kappa shape index (κ2) is 5.24. The molecule has 0 bridgehead atoms. The van der Waals surface area contributed by atoms with Gasteiger partial charge in [0.2, 0.25) is 0 Å². The molecule has 0 radical (unpaired) electrons. The van der Waals surface area contributed by atoms with Gasteiger partial charge in [0.1, 0.15) is 0 Å². The fourth-order valence-electron chi connectivity index (χ4n) is 1.70. The SMILES string of the molecule is OC[C@@H]1C[C@H]1C(F)(F)F.OC[C@H]1C[C@@H]1C(F)(F)F. The fourth-order valence-corrected chi connectivity index (χ4v) is 1.70. The van der Waals surface area contributed by atoms with Gasteiger partial charge in [-0.1, -0.05) is 0 Å². The summed E-state index contributed by atoms with van der Waals surface area (Å²) < 4.78 is 69.4. The van der Waals surface area contributed by atoms with Gasteiger partial charge in [-0.05, 0) is 24.7 Å². The van der Waals surface area contributed by atoms with Gasteiger partial charge >= 0.3 is 12.4 Å². The molecular weight excluding hydrogens is 266 g/mol. The van der Waals surface area contributed by atoms with E-state index in [9.17, 15) is 26.3 Å². The van der Waals surface area contributed by atoms with Crippen LogP contribution in [0.1, 0.15) is 12.8 Å². The van der Waals surface area contributed by atoms with Crippen molar-refractivity contribution in [2.45, 2.75) is 25.2 Å². The van der Waals surface area contributed by atoms with Gasteiger partial charge < -0.3 is 10.2 Å². The lowest BCUT2D eigenvalue weighted by Crippen LogP contribution is -2.12. The molecule has 18 heavy (non-hydrogen) atoms.